The molecule has 0 bridgehead atoms. The number of aromatic nitrogens is 2. The molecule has 0 aliphatic heterocycles. The summed E-state index contributed by atoms with van der Waals surface area (Å²) in [6.07, 6.45) is 2.41. The van der Waals surface area contributed by atoms with Crippen LogP contribution in [0.4, 0.5) is 5.82 Å². The van der Waals surface area contributed by atoms with Gasteiger partial charge in [-0.25, -0.2) is 0 Å². The van der Waals surface area contributed by atoms with Crippen LogP contribution >= 0.6 is 0 Å². The summed E-state index contributed by atoms with van der Waals surface area (Å²) in [4.78, 5) is 13.8. The van der Waals surface area contributed by atoms with Gasteiger partial charge in [-0.05, 0) is 20.3 Å². The molecule has 1 aromatic rings. The Balaban J connectivity index is 2.86. The van der Waals surface area contributed by atoms with Gasteiger partial charge in [-0.1, -0.05) is 6.92 Å². The van der Waals surface area contributed by atoms with Crippen LogP contribution in [0.1, 0.15) is 37.6 Å². The normalized spacial score (nSPS) is 10.7. The zero-order valence-electron chi connectivity index (χ0n) is 9.45. The van der Waals surface area contributed by atoms with Crippen molar-refractivity contribution < 1.29 is 4.79 Å². The number of amides is 1. The minimum absolute atomic E-state index is 0.0573. The molecule has 0 radical (unpaired) electrons. The van der Waals surface area contributed by atoms with Crippen LogP contribution in [0.3, 0.4) is 0 Å². The minimum atomic E-state index is -0.0573. The SMILES string of the molecule is CCCN(C(=O)c1cn[nH]c1N)C(C)C. The van der Waals surface area contributed by atoms with Crippen LogP contribution in [-0.4, -0.2) is 33.6 Å². The van der Waals surface area contributed by atoms with Crippen LogP contribution in [0.25, 0.3) is 0 Å². The van der Waals surface area contributed by atoms with Crippen LogP contribution in [0.2, 0.25) is 0 Å². The van der Waals surface area contributed by atoms with E-state index in [1.807, 2.05) is 20.8 Å². The molecule has 0 atom stereocenters. The van der Waals surface area contributed by atoms with E-state index in [0.29, 0.717) is 11.4 Å². The zero-order chi connectivity index (χ0) is 11.4. The number of carbonyl (C=O) groups excluding carboxylic acids is 1. The molecule has 5 nitrogen and oxygen atoms in total. The molecule has 84 valence electrons. The summed E-state index contributed by atoms with van der Waals surface area (Å²) >= 11 is 0. The van der Waals surface area contributed by atoms with Crippen molar-refractivity contribution in [1.29, 1.82) is 0 Å². The Kier molecular flexibility index (Phi) is 3.71. The quantitative estimate of drug-likeness (QED) is 0.785. The predicted octanol–water partition coefficient (Wildman–Crippen LogP) is 1.25. The van der Waals surface area contributed by atoms with E-state index in [-0.39, 0.29) is 11.9 Å². The molecule has 1 rings (SSSR count). The Hall–Kier alpha value is -1.52. The molecule has 0 aromatic carbocycles. The third kappa shape index (κ3) is 2.49. The molecule has 0 aliphatic carbocycles. The highest BCUT2D eigenvalue weighted by atomic mass is 16.2. The van der Waals surface area contributed by atoms with Gasteiger partial charge in [0.2, 0.25) is 0 Å². The molecule has 5 heteroatoms. The Labute approximate surface area is 89.6 Å². The van der Waals surface area contributed by atoms with Gasteiger partial charge < -0.3 is 10.6 Å². The molecule has 1 heterocycles. The molecular weight excluding hydrogens is 192 g/mol. The van der Waals surface area contributed by atoms with E-state index >= 15 is 0 Å². The number of rotatable bonds is 4. The summed E-state index contributed by atoms with van der Waals surface area (Å²) in [5.74, 6) is 0.278. The highest BCUT2D eigenvalue weighted by Gasteiger charge is 2.20. The lowest BCUT2D eigenvalue weighted by Crippen LogP contribution is -2.37. The van der Waals surface area contributed by atoms with Gasteiger partial charge in [0, 0.05) is 12.6 Å². The van der Waals surface area contributed by atoms with Gasteiger partial charge in [0.15, 0.2) is 0 Å². The Morgan fingerprint density at radius 2 is 2.33 bits per heavy atom. The van der Waals surface area contributed by atoms with E-state index in [1.54, 1.807) is 4.90 Å². The number of aromatic amines is 1. The highest BCUT2D eigenvalue weighted by Crippen LogP contribution is 2.12. The molecule has 0 saturated heterocycles. The second-order valence-electron chi connectivity index (χ2n) is 3.79. The van der Waals surface area contributed by atoms with Crippen molar-refractivity contribution in [1.82, 2.24) is 15.1 Å². The van der Waals surface area contributed by atoms with Crippen molar-refractivity contribution in [2.24, 2.45) is 0 Å². The molecule has 0 fully saturated rings. The van der Waals surface area contributed by atoms with Gasteiger partial charge in [0.05, 0.1) is 6.20 Å². The van der Waals surface area contributed by atoms with Crippen molar-refractivity contribution in [3.63, 3.8) is 0 Å². The topological polar surface area (TPSA) is 75.0 Å². The third-order valence-corrected chi connectivity index (χ3v) is 2.25. The van der Waals surface area contributed by atoms with Gasteiger partial charge in [-0.3, -0.25) is 9.89 Å². The Morgan fingerprint density at radius 3 is 2.73 bits per heavy atom. The number of nitrogens with zero attached hydrogens (tertiary/aromatic N) is 2. The first-order chi connectivity index (χ1) is 7.07. The van der Waals surface area contributed by atoms with E-state index in [1.165, 1.54) is 6.20 Å². The lowest BCUT2D eigenvalue weighted by atomic mass is 10.2. The minimum Gasteiger partial charge on any atom is -0.383 e. The average molecular weight is 210 g/mol. The Bertz CT molecular complexity index is 332. The fourth-order valence-electron chi connectivity index (χ4n) is 1.46. The number of carbonyl (C=O) groups is 1. The van der Waals surface area contributed by atoms with Gasteiger partial charge in [0.25, 0.3) is 5.91 Å². The second kappa shape index (κ2) is 4.82. The zero-order valence-corrected chi connectivity index (χ0v) is 9.45. The van der Waals surface area contributed by atoms with Crippen LogP contribution in [0, 0.1) is 0 Å². The summed E-state index contributed by atoms with van der Waals surface area (Å²) in [5, 5.41) is 6.31. The first-order valence-electron chi connectivity index (χ1n) is 5.17. The number of hydrogen-bond acceptors (Lipinski definition) is 3. The fraction of sp³-hybridized carbons (Fsp3) is 0.600. The molecule has 1 amide bonds. The number of nitrogens with one attached hydrogen (secondary N) is 1. The number of nitrogens with two attached hydrogens (primary N) is 1. The van der Waals surface area contributed by atoms with E-state index < -0.39 is 0 Å². The maximum Gasteiger partial charge on any atom is 0.259 e. The van der Waals surface area contributed by atoms with Gasteiger partial charge in [0.1, 0.15) is 11.4 Å². The van der Waals surface area contributed by atoms with Crippen LogP contribution < -0.4 is 5.73 Å². The number of nitrogen functional groups attached to an aromatic ring is 1. The lowest BCUT2D eigenvalue weighted by Gasteiger charge is -2.25. The fourth-order valence-corrected chi connectivity index (χ4v) is 1.46. The van der Waals surface area contributed by atoms with Crippen LogP contribution in [0.5, 0.6) is 0 Å². The smallest absolute Gasteiger partial charge is 0.259 e. The van der Waals surface area contributed by atoms with Gasteiger partial charge >= 0.3 is 0 Å². The van der Waals surface area contributed by atoms with Crippen molar-refractivity contribution in [3.05, 3.63) is 11.8 Å². The lowest BCUT2D eigenvalue weighted by molar-refractivity contribution is 0.0707. The van der Waals surface area contributed by atoms with E-state index in [9.17, 15) is 4.79 Å². The van der Waals surface area contributed by atoms with Crippen molar-refractivity contribution in [2.75, 3.05) is 12.3 Å². The molecule has 3 N–H and O–H groups in total. The summed E-state index contributed by atoms with van der Waals surface area (Å²) in [6, 6.07) is 0.173. The molecule has 0 saturated carbocycles. The molecule has 0 unspecified atom stereocenters. The number of H-pyrrole nitrogens is 1. The first-order valence-corrected chi connectivity index (χ1v) is 5.17. The van der Waals surface area contributed by atoms with Crippen molar-refractivity contribution in [2.45, 2.75) is 33.2 Å². The molecular formula is C10H18N4O. The standard InChI is InChI=1S/C10H18N4O/c1-4-5-14(7(2)3)10(15)8-6-12-13-9(8)11/h6-7H,4-5H2,1-3H3,(H3,11,12,13). The maximum atomic E-state index is 12.0. The van der Waals surface area contributed by atoms with Crippen molar-refractivity contribution in [3.8, 4) is 0 Å². The Morgan fingerprint density at radius 1 is 1.67 bits per heavy atom. The first kappa shape index (κ1) is 11.6. The molecule has 0 spiro atoms. The maximum absolute atomic E-state index is 12.0. The van der Waals surface area contributed by atoms with Crippen molar-refractivity contribution >= 4 is 11.7 Å². The predicted molar refractivity (Wildman–Crippen MR) is 59.5 cm³/mol. The van der Waals surface area contributed by atoms with E-state index in [2.05, 4.69) is 10.2 Å². The highest BCUT2D eigenvalue weighted by molar-refractivity contribution is 5.98. The van der Waals surface area contributed by atoms with Gasteiger partial charge in [-0.15, -0.1) is 0 Å². The molecule has 1 aromatic heterocycles. The average Bonchev–Trinajstić information content (AvgIpc) is 2.59. The van der Waals surface area contributed by atoms with Gasteiger partial charge in [-0.2, -0.15) is 5.10 Å². The van der Waals surface area contributed by atoms with E-state index in [0.717, 1.165) is 13.0 Å². The summed E-state index contributed by atoms with van der Waals surface area (Å²) in [5.41, 5.74) is 6.07. The van der Waals surface area contributed by atoms with E-state index in [4.69, 9.17) is 5.73 Å². The summed E-state index contributed by atoms with van der Waals surface area (Å²) in [7, 11) is 0. The molecule has 0 aliphatic rings. The summed E-state index contributed by atoms with van der Waals surface area (Å²) in [6.45, 7) is 6.76. The second-order valence-corrected chi connectivity index (χ2v) is 3.79. The largest absolute Gasteiger partial charge is 0.383 e. The van der Waals surface area contributed by atoms with Crippen LogP contribution in [-0.2, 0) is 0 Å². The summed E-state index contributed by atoms with van der Waals surface area (Å²) < 4.78 is 0. The molecule has 15 heavy (non-hydrogen) atoms. The van der Waals surface area contributed by atoms with Crippen LogP contribution in [0.15, 0.2) is 6.20 Å². The monoisotopic (exact) mass is 210 g/mol. The third-order valence-electron chi connectivity index (χ3n) is 2.25. The number of hydrogen-bond donors (Lipinski definition) is 2. The number of anilines is 1.